The van der Waals surface area contributed by atoms with Crippen LogP contribution in [0, 0.1) is 5.92 Å². The first-order valence-electron chi connectivity index (χ1n) is 8.43. The van der Waals surface area contributed by atoms with Crippen LogP contribution < -0.4 is 16.7 Å². The SMILES string of the molecule is CC(=NNc1nc2c(c(=O)[nH]c(=O)n2C)n1CC(C)C)c1ccccc1. The van der Waals surface area contributed by atoms with Crippen LogP contribution in [0.3, 0.4) is 0 Å². The van der Waals surface area contributed by atoms with Gasteiger partial charge in [-0.1, -0.05) is 44.2 Å². The van der Waals surface area contributed by atoms with Crippen molar-refractivity contribution in [1.29, 1.82) is 0 Å². The predicted octanol–water partition coefficient (Wildman–Crippen LogP) is 1.92. The van der Waals surface area contributed by atoms with E-state index in [9.17, 15) is 9.59 Å². The normalized spacial score (nSPS) is 12.1. The van der Waals surface area contributed by atoms with Crippen LogP contribution in [-0.4, -0.2) is 24.8 Å². The average Bonchev–Trinajstić information content (AvgIpc) is 2.97. The van der Waals surface area contributed by atoms with Crippen molar-refractivity contribution < 1.29 is 0 Å². The number of nitrogens with zero attached hydrogens (tertiary/aromatic N) is 4. The molecule has 0 unspecified atom stereocenters. The maximum atomic E-state index is 12.3. The molecule has 0 bridgehead atoms. The van der Waals surface area contributed by atoms with Gasteiger partial charge in [0.2, 0.25) is 5.95 Å². The number of hydrazone groups is 1. The fourth-order valence-corrected chi connectivity index (χ4v) is 2.74. The van der Waals surface area contributed by atoms with Crippen molar-refractivity contribution in [2.24, 2.45) is 18.1 Å². The van der Waals surface area contributed by atoms with Crippen molar-refractivity contribution in [3.63, 3.8) is 0 Å². The fraction of sp³-hybridized carbons (Fsp3) is 0.333. The van der Waals surface area contributed by atoms with Gasteiger partial charge in [-0.25, -0.2) is 10.2 Å². The lowest BCUT2D eigenvalue weighted by Gasteiger charge is -2.11. The zero-order valence-corrected chi connectivity index (χ0v) is 15.3. The highest BCUT2D eigenvalue weighted by molar-refractivity contribution is 5.99. The Kier molecular flexibility index (Phi) is 4.75. The molecule has 2 heterocycles. The molecule has 8 heteroatoms. The highest BCUT2D eigenvalue weighted by atomic mass is 16.2. The second-order valence-electron chi connectivity index (χ2n) is 6.61. The lowest BCUT2D eigenvalue weighted by atomic mass is 10.1. The Balaban J connectivity index is 2.10. The minimum absolute atomic E-state index is 0.281. The number of hydrogen-bond donors (Lipinski definition) is 2. The van der Waals surface area contributed by atoms with Gasteiger partial charge in [0.25, 0.3) is 5.56 Å². The summed E-state index contributed by atoms with van der Waals surface area (Å²) < 4.78 is 3.09. The van der Waals surface area contributed by atoms with Crippen LogP contribution in [0.1, 0.15) is 26.3 Å². The van der Waals surface area contributed by atoms with Crippen molar-refractivity contribution >= 4 is 22.8 Å². The summed E-state index contributed by atoms with van der Waals surface area (Å²) in [5.74, 6) is 0.708. The van der Waals surface area contributed by atoms with Crippen molar-refractivity contribution in [2.45, 2.75) is 27.3 Å². The zero-order chi connectivity index (χ0) is 18.8. The second-order valence-corrected chi connectivity index (χ2v) is 6.61. The van der Waals surface area contributed by atoms with E-state index in [0.717, 1.165) is 11.3 Å². The van der Waals surface area contributed by atoms with Crippen LogP contribution >= 0.6 is 0 Å². The summed E-state index contributed by atoms with van der Waals surface area (Å²) in [5, 5.41) is 4.39. The molecule has 3 aromatic rings. The molecule has 26 heavy (non-hydrogen) atoms. The molecule has 0 radical (unpaired) electrons. The van der Waals surface area contributed by atoms with E-state index in [1.807, 2.05) is 51.1 Å². The zero-order valence-electron chi connectivity index (χ0n) is 15.3. The Hall–Kier alpha value is -3.16. The Morgan fingerprint density at radius 1 is 1.27 bits per heavy atom. The molecule has 0 fully saturated rings. The molecule has 0 aliphatic rings. The van der Waals surface area contributed by atoms with Gasteiger partial charge in [-0.2, -0.15) is 10.1 Å². The van der Waals surface area contributed by atoms with Gasteiger partial charge in [0, 0.05) is 13.6 Å². The summed E-state index contributed by atoms with van der Waals surface area (Å²) in [6.45, 7) is 6.55. The van der Waals surface area contributed by atoms with E-state index in [4.69, 9.17) is 0 Å². The number of nitrogens with one attached hydrogen (secondary N) is 2. The molecule has 0 amide bonds. The largest absolute Gasteiger partial charge is 0.329 e. The first-order chi connectivity index (χ1) is 12.4. The first-order valence-corrected chi connectivity index (χ1v) is 8.43. The predicted molar refractivity (Wildman–Crippen MR) is 103 cm³/mol. The molecule has 136 valence electrons. The maximum absolute atomic E-state index is 12.3. The molecule has 2 aromatic heterocycles. The summed E-state index contributed by atoms with van der Waals surface area (Å²) in [7, 11) is 1.58. The van der Waals surface area contributed by atoms with E-state index >= 15 is 0 Å². The monoisotopic (exact) mass is 354 g/mol. The Morgan fingerprint density at radius 3 is 2.62 bits per heavy atom. The minimum Gasteiger partial charge on any atom is -0.303 e. The van der Waals surface area contributed by atoms with Gasteiger partial charge in [0.05, 0.1) is 5.71 Å². The number of aromatic amines is 1. The van der Waals surface area contributed by atoms with E-state index in [1.165, 1.54) is 4.57 Å². The third kappa shape index (κ3) is 3.30. The number of anilines is 1. The number of benzene rings is 1. The Morgan fingerprint density at radius 2 is 1.96 bits per heavy atom. The van der Waals surface area contributed by atoms with Crippen LogP contribution in [0.5, 0.6) is 0 Å². The lowest BCUT2D eigenvalue weighted by molar-refractivity contribution is 0.535. The lowest BCUT2D eigenvalue weighted by Crippen LogP contribution is -2.29. The van der Waals surface area contributed by atoms with Gasteiger partial charge in [-0.15, -0.1) is 0 Å². The summed E-state index contributed by atoms with van der Waals surface area (Å²) in [5.41, 5.74) is 4.46. The number of aryl methyl sites for hydroxylation is 1. The Labute approximate surface area is 150 Å². The molecule has 1 aromatic carbocycles. The minimum atomic E-state index is -0.493. The highest BCUT2D eigenvalue weighted by Gasteiger charge is 2.17. The first kappa shape index (κ1) is 17.7. The standard InChI is InChI=1S/C18H22N6O2/c1-11(2)10-24-14-15(23(4)18(26)20-16(14)25)19-17(24)22-21-12(3)13-8-6-5-7-9-13/h5-9,11H,10H2,1-4H3,(H,19,22)(H,20,25,26). The number of hydrogen-bond acceptors (Lipinski definition) is 5. The summed E-state index contributed by atoms with van der Waals surface area (Å²) in [6.07, 6.45) is 0. The van der Waals surface area contributed by atoms with Gasteiger partial charge < -0.3 is 4.57 Å². The summed E-state index contributed by atoms with van der Waals surface area (Å²) >= 11 is 0. The van der Waals surface area contributed by atoms with Crippen LogP contribution in [0.2, 0.25) is 0 Å². The van der Waals surface area contributed by atoms with Crippen LogP contribution in [0.4, 0.5) is 5.95 Å². The third-order valence-corrected chi connectivity index (χ3v) is 4.07. The molecular weight excluding hydrogens is 332 g/mol. The van der Waals surface area contributed by atoms with Gasteiger partial charge >= 0.3 is 5.69 Å². The molecular formula is C18H22N6O2. The van der Waals surface area contributed by atoms with E-state index in [0.29, 0.717) is 23.7 Å². The molecule has 0 aliphatic heterocycles. The van der Waals surface area contributed by atoms with E-state index in [-0.39, 0.29) is 5.92 Å². The third-order valence-electron chi connectivity index (χ3n) is 4.07. The van der Waals surface area contributed by atoms with Crippen molar-refractivity contribution in [3.8, 4) is 0 Å². The van der Waals surface area contributed by atoms with Gasteiger partial charge in [0.1, 0.15) is 0 Å². The quantitative estimate of drug-likeness (QED) is 0.540. The van der Waals surface area contributed by atoms with Crippen molar-refractivity contribution in [2.75, 3.05) is 5.43 Å². The summed E-state index contributed by atoms with van der Waals surface area (Å²) in [6, 6.07) is 9.76. The molecule has 0 saturated heterocycles. The highest BCUT2D eigenvalue weighted by Crippen LogP contribution is 2.17. The van der Waals surface area contributed by atoms with Crippen molar-refractivity contribution in [3.05, 3.63) is 56.7 Å². The van der Waals surface area contributed by atoms with E-state index in [2.05, 4.69) is 20.5 Å². The van der Waals surface area contributed by atoms with Gasteiger partial charge in [-0.3, -0.25) is 14.3 Å². The van der Waals surface area contributed by atoms with E-state index < -0.39 is 11.2 Å². The Bertz CT molecular complexity index is 1070. The molecule has 0 spiro atoms. The number of fused-ring (bicyclic) bond motifs is 1. The number of aromatic nitrogens is 4. The molecule has 0 aliphatic carbocycles. The molecule has 0 saturated carbocycles. The fourth-order valence-electron chi connectivity index (χ4n) is 2.74. The van der Waals surface area contributed by atoms with Gasteiger partial charge in [0.15, 0.2) is 11.2 Å². The smallest absolute Gasteiger partial charge is 0.303 e. The molecule has 3 rings (SSSR count). The van der Waals surface area contributed by atoms with Crippen LogP contribution in [-0.2, 0) is 13.6 Å². The topological polar surface area (TPSA) is 97.1 Å². The number of H-pyrrole nitrogens is 1. The van der Waals surface area contributed by atoms with E-state index in [1.54, 1.807) is 11.6 Å². The molecule has 8 nitrogen and oxygen atoms in total. The van der Waals surface area contributed by atoms with Gasteiger partial charge in [-0.05, 0) is 18.4 Å². The molecule has 2 N–H and O–H groups in total. The van der Waals surface area contributed by atoms with Crippen LogP contribution in [0.25, 0.3) is 11.2 Å². The molecule has 0 atom stereocenters. The maximum Gasteiger partial charge on any atom is 0.329 e. The summed E-state index contributed by atoms with van der Waals surface area (Å²) in [4.78, 5) is 31.0. The number of imidazole rings is 1. The average molecular weight is 354 g/mol. The number of rotatable bonds is 5. The van der Waals surface area contributed by atoms with Crippen molar-refractivity contribution in [1.82, 2.24) is 19.1 Å². The van der Waals surface area contributed by atoms with Crippen LogP contribution in [0.15, 0.2) is 45.0 Å². The second kappa shape index (κ2) is 6.99.